The van der Waals surface area contributed by atoms with Crippen LogP contribution in [0.15, 0.2) is 24.3 Å². The third kappa shape index (κ3) is 3.76. The molecule has 0 unspecified atom stereocenters. The maximum absolute atomic E-state index is 12.3. The Bertz CT molecular complexity index is 891. The second kappa shape index (κ2) is 6.75. The fourth-order valence-electron chi connectivity index (χ4n) is 2.75. The van der Waals surface area contributed by atoms with Gasteiger partial charge in [0.1, 0.15) is 5.69 Å². The van der Waals surface area contributed by atoms with E-state index in [0.29, 0.717) is 23.6 Å². The van der Waals surface area contributed by atoms with Gasteiger partial charge in [0.25, 0.3) is 5.91 Å². The number of hydrogen-bond acceptors (Lipinski definition) is 6. The molecule has 1 saturated heterocycles. The standard InChI is InChI=1S/C16H19N3O5S/c1-23-14-4-3-10(7-15(14)24-2)12-8-13(19-18-12)16(20)17-11-5-6-25(21,22)9-11/h3-4,7-8,11H,5-6,9H2,1-2H3,(H,17,20)(H,18,19)/t11-/m1/s1. The largest absolute Gasteiger partial charge is 0.493 e. The molecule has 0 radical (unpaired) electrons. The number of nitrogens with zero attached hydrogens (tertiary/aromatic N) is 1. The molecule has 0 bridgehead atoms. The predicted octanol–water partition coefficient (Wildman–Crippen LogP) is 1.01. The molecule has 1 aliphatic rings. The normalized spacial score (nSPS) is 18.7. The fraction of sp³-hybridized carbons (Fsp3) is 0.375. The van der Waals surface area contributed by atoms with Crippen molar-refractivity contribution in [1.29, 1.82) is 0 Å². The van der Waals surface area contributed by atoms with Crippen molar-refractivity contribution in [2.45, 2.75) is 12.5 Å². The fourth-order valence-corrected chi connectivity index (χ4v) is 4.43. The van der Waals surface area contributed by atoms with Crippen molar-refractivity contribution in [2.75, 3.05) is 25.7 Å². The van der Waals surface area contributed by atoms with Gasteiger partial charge in [0.15, 0.2) is 21.3 Å². The van der Waals surface area contributed by atoms with Gasteiger partial charge in [0.05, 0.1) is 31.4 Å². The molecule has 134 valence electrons. The number of carbonyl (C=O) groups excluding carboxylic acids is 1. The van der Waals surface area contributed by atoms with Crippen molar-refractivity contribution in [1.82, 2.24) is 15.5 Å². The van der Waals surface area contributed by atoms with Gasteiger partial charge in [-0.3, -0.25) is 9.89 Å². The summed E-state index contributed by atoms with van der Waals surface area (Å²) in [6.45, 7) is 0. The smallest absolute Gasteiger partial charge is 0.269 e. The number of sulfone groups is 1. The van der Waals surface area contributed by atoms with E-state index in [1.54, 1.807) is 32.4 Å². The molecule has 8 nitrogen and oxygen atoms in total. The topological polar surface area (TPSA) is 110 Å². The quantitative estimate of drug-likeness (QED) is 0.818. The van der Waals surface area contributed by atoms with E-state index in [0.717, 1.165) is 5.56 Å². The van der Waals surface area contributed by atoms with Crippen molar-refractivity contribution in [3.05, 3.63) is 30.0 Å². The molecule has 0 saturated carbocycles. The van der Waals surface area contributed by atoms with Crippen LogP contribution in [-0.2, 0) is 9.84 Å². The number of hydrogen-bond donors (Lipinski definition) is 2. The average molecular weight is 365 g/mol. The van der Waals surface area contributed by atoms with E-state index in [4.69, 9.17) is 9.47 Å². The summed E-state index contributed by atoms with van der Waals surface area (Å²) in [5.41, 5.74) is 1.61. The molecule has 2 aromatic rings. The summed E-state index contributed by atoms with van der Waals surface area (Å²) >= 11 is 0. The SMILES string of the molecule is COc1ccc(-c2cc(C(=O)N[C@@H]3CCS(=O)(=O)C3)[nH]n2)cc1OC. The van der Waals surface area contributed by atoms with Crippen molar-refractivity contribution < 1.29 is 22.7 Å². The van der Waals surface area contributed by atoms with Crippen LogP contribution < -0.4 is 14.8 Å². The van der Waals surface area contributed by atoms with Crippen molar-refractivity contribution in [3.8, 4) is 22.8 Å². The lowest BCUT2D eigenvalue weighted by Crippen LogP contribution is -2.35. The minimum Gasteiger partial charge on any atom is -0.493 e. The average Bonchev–Trinajstić information content (AvgIpc) is 3.21. The molecule has 1 amide bonds. The van der Waals surface area contributed by atoms with Gasteiger partial charge in [-0.25, -0.2) is 8.42 Å². The van der Waals surface area contributed by atoms with Crippen LogP contribution in [0, 0.1) is 0 Å². The summed E-state index contributed by atoms with van der Waals surface area (Å²) < 4.78 is 33.4. The molecule has 1 atom stereocenters. The summed E-state index contributed by atoms with van der Waals surface area (Å²) in [5, 5.41) is 9.54. The minimum absolute atomic E-state index is 0.0184. The number of carbonyl (C=O) groups is 1. The molecular formula is C16H19N3O5S. The first-order chi connectivity index (χ1) is 11.9. The molecule has 1 aromatic heterocycles. The molecule has 1 fully saturated rings. The van der Waals surface area contributed by atoms with Crippen molar-refractivity contribution in [3.63, 3.8) is 0 Å². The molecule has 2 N–H and O–H groups in total. The molecular weight excluding hydrogens is 346 g/mol. The second-order valence-electron chi connectivity index (χ2n) is 5.81. The number of benzene rings is 1. The zero-order valence-electron chi connectivity index (χ0n) is 13.9. The third-order valence-electron chi connectivity index (χ3n) is 4.07. The van der Waals surface area contributed by atoms with Gasteiger partial charge in [-0.2, -0.15) is 5.10 Å². The van der Waals surface area contributed by atoms with E-state index in [1.165, 1.54) is 0 Å². The summed E-state index contributed by atoms with van der Waals surface area (Å²) in [5.74, 6) is 0.876. The lowest BCUT2D eigenvalue weighted by molar-refractivity contribution is 0.0936. The molecule has 3 rings (SSSR count). The first-order valence-electron chi connectivity index (χ1n) is 7.71. The van der Waals surface area contributed by atoms with E-state index in [2.05, 4.69) is 15.5 Å². The molecule has 2 heterocycles. The molecule has 9 heteroatoms. The number of methoxy groups -OCH3 is 2. The Kier molecular flexibility index (Phi) is 4.67. The van der Waals surface area contributed by atoms with Crippen molar-refractivity contribution in [2.24, 2.45) is 0 Å². The maximum Gasteiger partial charge on any atom is 0.269 e. The number of ether oxygens (including phenoxy) is 2. The first-order valence-corrected chi connectivity index (χ1v) is 9.53. The zero-order valence-corrected chi connectivity index (χ0v) is 14.7. The lowest BCUT2D eigenvalue weighted by atomic mass is 10.1. The van der Waals surface area contributed by atoms with Gasteiger partial charge < -0.3 is 14.8 Å². The van der Waals surface area contributed by atoms with Gasteiger partial charge in [-0.15, -0.1) is 0 Å². The van der Waals surface area contributed by atoms with Crippen LogP contribution in [0.4, 0.5) is 0 Å². The van der Waals surface area contributed by atoms with Gasteiger partial charge in [-0.1, -0.05) is 0 Å². The Morgan fingerprint density at radius 3 is 2.64 bits per heavy atom. The van der Waals surface area contributed by atoms with Crippen LogP contribution in [0.5, 0.6) is 11.5 Å². The number of aromatic nitrogens is 2. The van der Waals surface area contributed by atoms with Crippen molar-refractivity contribution >= 4 is 15.7 Å². The number of H-pyrrole nitrogens is 1. The van der Waals surface area contributed by atoms with Gasteiger partial charge in [0, 0.05) is 11.6 Å². The van der Waals surface area contributed by atoms with Gasteiger partial charge in [-0.05, 0) is 30.7 Å². The van der Waals surface area contributed by atoms with Crippen LogP contribution >= 0.6 is 0 Å². The summed E-state index contributed by atoms with van der Waals surface area (Å²) in [6, 6.07) is 6.58. The number of rotatable bonds is 5. The van der Waals surface area contributed by atoms with E-state index >= 15 is 0 Å². The summed E-state index contributed by atoms with van der Waals surface area (Å²) in [4.78, 5) is 12.3. The zero-order chi connectivity index (χ0) is 18.0. The van der Waals surface area contributed by atoms with Crippen LogP contribution in [0.1, 0.15) is 16.9 Å². The van der Waals surface area contributed by atoms with Crippen LogP contribution in [-0.4, -0.2) is 56.3 Å². The Hall–Kier alpha value is -2.55. The minimum atomic E-state index is -3.04. The van der Waals surface area contributed by atoms with Gasteiger partial charge >= 0.3 is 0 Å². The monoisotopic (exact) mass is 365 g/mol. The Morgan fingerprint density at radius 1 is 1.24 bits per heavy atom. The Balaban J connectivity index is 1.75. The second-order valence-corrected chi connectivity index (χ2v) is 8.04. The van der Waals surface area contributed by atoms with Gasteiger partial charge in [0.2, 0.25) is 0 Å². The first kappa shape index (κ1) is 17.3. The van der Waals surface area contributed by atoms with E-state index < -0.39 is 9.84 Å². The number of amides is 1. The van der Waals surface area contributed by atoms with Crippen LogP contribution in [0.25, 0.3) is 11.3 Å². The highest BCUT2D eigenvalue weighted by atomic mass is 32.2. The molecule has 25 heavy (non-hydrogen) atoms. The predicted molar refractivity (Wildman–Crippen MR) is 91.7 cm³/mol. The summed E-state index contributed by atoms with van der Waals surface area (Å²) in [6.07, 6.45) is 0.435. The maximum atomic E-state index is 12.3. The van der Waals surface area contributed by atoms with E-state index in [1.807, 2.05) is 6.07 Å². The number of nitrogens with one attached hydrogen (secondary N) is 2. The highest BCUT2D eigenvalue weighted by Crippen LogP contribution is 2.31. The van der Waals surface area contributed by atoms with E-state index in [9.17, 15) is 13.2 Å². The summed E-state index contributed by atoms with van der Waals surface area (Å²) in [7, 11) is 0.0540. The molecule has 0 aliphatic carbocycles. The molecule has 0 spiro atoms. The lowest BCUT2D eigenvalue weighted by Gasteiger charge is -2.09. The Morgan fingerprint density at radius 2 is 2.00 bits per heavy atom. The third-order valence-corrected chi connectivity index (χ3v) is 5.84. The van der Waals surface area contributed by atoms with E-state index in [-0.39, 0.29) is 29.1 Å². The number of aromatic amines is 1. The highest BCUT2D eigenvalue weighted by molar-refractivity contribution is 7.91. The highest BCUT2D eigenvalue weighted by Gasteiger charge is 2.29. The molecule has 1 aromatic carbocycles. The Labute approximate surface area is 145 Å². The van der Waals surface area contributed by atoms with Crippen LogP contribution in [0.3, 0.4) is 0 Å². The van der Waals surface area contributed by atoms with Crippen LogP contribution in [0.2, 0.25) is 0 Å². The molecule has 1 aliphatic heterocycles.